The van der Waals surface area contributed by atoms with Crippen LogP contribution in [0.5, 0.6) is 0 Å². The molecule has 5 aromatic rings. The van der Waals surface area contributed by atoms with E-state index in [-0.39, 0.29) is 34.5 Å². The topological polar surface area (TPSA) is 115 Å². The number of nitrogens with two attached hydrogens (primary N) is 1. The third-order valence-corrected chi connectivity index (χ3v) is 6.65. The molecule has 4 aromatic carbocycles. The van der Waals surface area contributed by atoms with Crippen LogP contribution in [0.3, 0.4) is 0 Å². The number of nitrogens with zero attached hydrogens (tertiary/aromatic N) is 3. The lowest BCUT2D eigenvalue weighted by Gasteiger charge is -1.97. The lowest BCUT2D eigenvalue weighted by atomic mass is 10.1. The van der Waals surface area contributed by atoms with Crippen molar-refractivity contribution in [3.05, 3.63) is 142 Å². The Morgan fingerprint density at radius 3 is 1.46 bits per heavy atom. The van der Waals surface area contributed by atoms with Crippen LogP contribution in [-0.4, -0.2) is 26.4 Å². The summed E-state index contributed by atoms with van der Waals surface area (Å²) in [6.45, 7) is 7.53. The second-order valence-electron chi connectivity index (χ2n) is 10.7. The summed E-state index contributed by atoms with van der Waals surface area (Å²) >= 11 is 4.97. The van der Waals surface area contributed by atoms with Crippen molar-refractivity contribution >= 4 is 22.7 Å². The standard InChI is InChI=1S/C19H15FN2O.C15H11FN2O.C4H7ClO/c1-13(2)19-21-18(22-23-19)16-9-5-14(6-10-16)3-4-15-7-11-17(20)12-8-15;16-14-9-5-12(6-10-14)2-1-11-3-7-13(8-4-11)15(17)18-19;1-3(2)4(5)6/h5-13H,1-2H3;3-10,19H,(H2,17,18);3H,1-2H3. The van der Waals surface area contributed by atoms with Crippen LogP contribution in [0.25, 0.3) is 11.4 Å². The van der Waals surface area contributed by atoms with E-state index < -0.39 is 0 Å². The molecular weight excluding hydrogens is 634 g/mol. The van der Waals surface area contributed by atoms with Crippen molar-refractivity contribution in [2.75, 3.05) is 0 Å². The molecular formula is C38H33ClF2N4O3. The first kappa shape index (κ1) is 36.7. The first-order valence-electron chi connectivity index (χ1n) is 14.7. The van der Waals surface area contributed by atoms with Gasteiger partial charge in [-0.15, -0.1) is 0 Å². The first-order chi connectivity index (χ1) is 22.9. The van der Waals surface area contributed by atoms with Crippen molar-refractivity contribution in [3.8, 4) is 35.1 Å². The van der Waals surface area contributed by atoms with Gasteiger partial charge in [-0.2, -0.15) is 4.98 Å². The largest absolute Gasteiger partial charge is 0.409 e. The molecule has 0 saturated carbocycles. The number of carbonyl (C=O) groups is 1. The molecule has 0 aliphatic carbocycles. The van der Waals surface area contributed by atoms with Crippen molar-refractivity contribution in [1.29, 1.82) is 0 Å². The maximum Gasteiger partial charge on any atom is 0.229 e. The minimum Gasteiger partial charge on any atom is -0.409 e. The van der Waals surface area contributed by atoms with Gasteiger partial charge >= 0.3 is 0 Å². The highest BCUT2D eigenvalue weighted by Gasteiger charge is 2.11. The summed E-state index contributed by atoms with van der Waals surface area (Å²) in [6, 6.07) is 26.7. The molecule has 0 spiro atoms. The van der Waals surface area contributed by atoms with Crippen molar-refractivity contribution in [2.45, 2.75) is 33.6 Å². The highest BCUT2D eigenvalue weighted by atomic mass is 35.5. The zero-order chi connectivity index (χ0) is 35.1. The SMILES string of the molecule is CC(C)C(=O)Cl.CC(C)c1nc(-c2ccc(C#Cc3ccc(F)cc3)cc2)no1.N/C(=N\O)c1ccc(C#Cc2ccc(F)cc2)cc1. The molecule has 0 aliphatic heterocycles. The molecule has 48 heavy (non-hydrogen) atoms. The second-order valence-corrected chi connectivity index (χ2v) is 11.1. The lowest BCUT2D eigenvalue weighted by molar-refractivity contribution is -0.114. The molecule has 5 rings (SSSR count). The summed E-state index contributed by atoms with van der Waals surface area (Å²) in [5.74, 6) is 12.8. The Morgan fingerprint density at radius 1 is 0.750 bits per heavy atom. The van der Waals surface area contributed by atoms with E-state index in [2.05, 4.69) is 39.0 Å². The van der Waals surface area contributed by atoms with Crippen molar-refractivity contribution < 1.29 is 23.3 Å². The van der Waals surface area contributed by atoms with Crippen LogP contribution in [0.2, 0.25) is 0 Å². The van der Waals surface area contributed by atoms with E-state index in [4.69, 9.17) is 27.1 Å². The molecule has 0 unspecified atom stereocenters. The number of carbonyl (C=O) groups excluding carboxylic acids is 1. The molecule has 0 bridgehead atoms. The summed E-state index contributed by atoms with van der Waals surface area (Å²) in [6.07, 6.45) is 0. The summed E-state index contributed by atoms with van der Waals surface area (Å²) in [7, 11) is 0. The van der Waals surface area contributed by atoms with Crippen LogP contribution in [0.1, 0.15) is 67.3 Å². The summed E-state index contributed by atoms with van der Waals surface area (Å²) < 4.78 is 30.8. The van der Waals surface area contributed by atoms with Gasteiger partial charge in [0, 0.05) is 45.2 Å². The van der Waals surface area contributed by atoms with E-state index >= 15 is 0 Å². The third-order valence-electron chi connectivity index (χ3n) is 6.21. The van der Waals surface area contributed by atoms with Gasteiger partial charge in [-0.05, 0) is 109 Å². The fourth-order valence-corrected chi connectivity index (χ4v) is 3.43. The fraction of sp³-hybridized carbons (Fsp3) is 0.158. The van der Waals surface area contributed by atoms with E-state index in [1.54, 1.807) is 62.4 Å². The molecule has 0 saturated heterocycles. The normalized spacial score (nSPS) is 10.4. The molecule has 3 N–H and O–H groups in total. The van der Waals surface area contributed by atoms with Crippen molar-refractivity contribution in [1.82, 2.24) is 10.1 Å². The zero-order valence-corrected chi connectivity index (χ0v) is 27.5. The zero-order valence-electron chi connectivity index (χ0n) is 26.7. The highest BCUT2D eigenvalue weighted by molar-refractivity contribution is 6.63. The van der Waals surface area contributed by atoms with Gasteiger partial charge in [0.1, 0.15) is 11.6 Å². The highest BCUT2D eigenvalue weighted by Crippen LogP contribution is 2.19. The van der Waals surface area contributed by atoms with Gasteiger partial charge in [-0.25, -0.2) is 8.78 Å². The van der Waals surface area contributed by atoms with E-state index in [0.717, 1.165) is 27.8 Å². The van der Waals surface area contributed by atoms with Crippen molar-refractivity contribution in [2.24, 2.45) is 16.8 Å². The first-order valence-corrected chi connectivity index (χ1v) is 15.1. The summed E-state index contributed by atoms with van der Waals surface area (Å²) in [4.78, 5) is 14.3. The maximum atomic E-state index is 12.8. The molecule has 7 nitrogen and oxygen atoms in total. The maximum absolute atomic E-state index is 12.8. The van der Waals surface area contributed by atoms with E-state index in [0.29, 0.717) is 17.3 Å². The van der Waals surface area contributed by atoms with Gasteiger partial charge in [-0.3, -0.25) is 4.79 Å². The molecule has 0 aliphatic rings. The summed E-state index contributed by atoms with van der Waals surface area (Å²) in [5, 5.41) is 15.2. The molecule has 0 atom stereocenters. The number of hydrogen-bond donors (Lipinski definition) is 2. The van der Waals surface area contributed by atoms with Crippen LogP contribution in [0, 0.1) is 41.2 Å². The Balaban J connectivity index is 0.000000226. The van der Waals surface area contributed by atoms with E-state index in [1.807, 2.05) is 38.1 Å². The minimum absolute atomic E-state index is 0.0216. The monoisotopic (exact) mass is 666 g/mol. The van der Waals surface area contributed by atoms with Gasteiger partial charge in [0.2, 0.25) is 17.0 Å². The van der Waals surface area contributed by atoms with Gasteiger partial charge in [-0.1, -0.05) is 61.7 Å². The Hall–Kier alpha value is -5.77. The van der Waals surface area contributed by atoms with Gasteiger partial charge in [0.15, 0.2) is 5.84 Å². The second kappa shape index (κ2) is 18.4. The predicted octanol–water partition coefficient (Wildman–Crippen LogP) is 8.13. The van der Waals surface area contributed by atoms with Crippen molar-refractivity contribution in [3.63, 3.8) is 0 Å². The number of halogens is 3. The van der Waals surface area contributed by atoms with E-state index in [9.17, 15) is 13.6 Å². The molecule has 244 valence electrons. The predicted molar refractivity (Wildman–Crippen MR) is 183 cm³/mol. The van der Waals surface area contributed by atoms with Crippen LogP contribution in [-0.2, 0) is 4.79 Å². The molecule has 10 heteroatoms. The molecule has 0 amide bonds. The van der Waals surface area contributed by atoms with Gasteiger partial charge in [0.05, 0.1) is 0 Å². The quantitative estimate of drug-likeness (QED) is 0.0500. The minimum atomic E-state index is -0.284. The number of amidine groups is 1. The lowest BCUT2D eigenvalue weighted by Crippen LogP contribution is -2.12. The van der Waals surface area contributed by atoms with Crippen LogP contribution in [0.4, 0.5) is 8.78 Å². The number of aromatic nitrogens is 2. The Kier molecular flexibility index (Phi) is 14.1. The van der Waals surface area contributed by atoms with Crippen LogP contribution >= 0.6 is 11.6 Å². The van der Waals surface area contributed by atoms with Crippen LogP contribution in [0.15, 0.2) is 107 Å². The smallest absolute Gasteiger partial charge is 0.229 e. The number of rotatable bonds is 4. The molecule has 0 radical (unpaired) electrons. The molecule has 0 fully saturated rings. The van der Waals surface area contributed by atoms with Gasteiger partial charge in [0.25, 0.3) is 0 Å². The average Bonchev–Trinajstić information content (AvgIpc) is 3.60. The number of oxime groups is 1. The molecule has 1 heterocycles. The fourth-order valence-electron chi connectivity index (χ4n) is 3.43. The van der Waals surface area contributed by atoms with Crippen LogP contribution < -0.4 is 5.73 Å². The number of hydrogen-bond acceptors (Lipinski definition) is 6. The Morgan fingerprint density at radius 2 is 1.12 bits per heavy atom. The molecule has 1 aromatic heterocycles. The number of benzene rings is 4. The average molecular weight is 667 g/mol. The summed E-state index contributed by atoms with van der Waals surface area (Å²) in [5.41, 5.74) is 10.1. The third kappa shape index (κ3) is 12.2. The van der Waals surface area contributed by atoms with E-state index in [1.165, 1.54) is 24.3 Å². The van der Waals surface area contributed by atoms with Gasteiger partial charge < -0.3 is 15.5 Å². The Labute approximate surface area is 283 Å². The Bertz CT molecular complexity index is 1930.